The molecule has 1 aliphatic heterocycles. The van der Waals surface area contributed by atoms with E-state index in [4.69, 9.17) is 4.84 Å². The van der Waals surface area contributed by atoms with Crippen LogP contribution in [0.15, 0.2) is 53.7 Å². The number of nitro benzene ring substituents is 1. The second-order valence-corrected chi connectivity index (χ2v) is 5.28. The first-order chi connectivity index (χ1) is 11.6. The quantitative estimate of drug-likeness (QED) is 0.480. The summed E-state index contributed by atoms with van der Waals surface area (Å²) in [6, 6.07) is 13.8. The van der Waals surface area contributed by atoms with Crippen molar-refractivity contribution in [2.75, 3.05) is 18.1 Å². The lowest BCUT2D eigenvalue weighted by atomic mass is 10.2. The van der Waals surface area contributed by atoms with Gasteiger partial charge in [0.2, 0.25) is 0 Å². The zero-order valence-electron chi connectivity index (χ0n) is 12.8. The lowest BCUT2D eigenvalue weighted by Crippen LogP contribution is -2.31. The predicted molar refractivity (Wildman–Crippen MR) is 89.1 cm³/mol. The molecule has 1 heterocycles. The van der Waals surface area contributed by atoms with E-state index < -0.39 is 4.92 Å². The Morgan fingerprint density at radius 2 is 2.12 bits per heavy atom. The first-order valence-corrected chi connectivity index (χ1v) is 7.43. The summed E-state index contributed by atoms with van der Waals surface area (Å²) in [5.74, 6) is -0.170. The molecule has 122 valence electrons. The van der Waals surface area contributed by atoms with E-state index >= 15 is 0 Å². The molecule has 0 atom stereocenters. The van der Waals surface area contributed by atoms with Gasteiger partial charge in [0.15, 0.2) is 6.61 Å². The molecule has 3 rings (SSSR count). The van der Waals surface area contributed by atoms with Crippen molar-refractivity contribution in [3.05, 3.63) is 69.8 Å². The Bertz CT molecular complexity index is 804. The minimum Gasteiger partial charge on any atom is -0.386 e. The van der Waals surface area contributed by atoms with Crippen LogP contribution in [0.1, 0.15) is 11.1 Å². The van der Waals surface area contributed by atoms with E-state index in [0.29, 0.717) is 12.1 Å². The molecule has 0 bridgehead atoms. The summed E-state index contributed by atoms with van der Waals surface area (Å²) < 4.78 is 0. The molecule has 7 nitrogen and oxygen atoms in total. The smallest absolute Gasteiger partial charge is 0.270 e. The molecule has 0 N–H and O–H groups in total. The number of benzene rings is 2. The van der Waals surface area contributed by atoms with Crippen LogP contribution < -0.4 is 4.90 Å². The molecule has 2 aromatic carbocycles. The predicted octanol–water partition coefficient (Wildman–Crippen LogP) is 2.53. The first kappa shape index (κ1) is 15.7. The van der Waals surface area contributed by atoms with Crippen LogP contribution >= 0.6 is 0 Å². The van der Waals surface area contributed by atoms with Crippen molar-refractivity contribution in [1.82, 2.24) is 0 Å². The van der Waals surface area contributed by atoms with Crippen molar-refractivity contribution in [1.29, 1.82) is 0 Å². The zero-order valence-corrected chi connectivity index (χ0v) is 12.8. The number of para-hydroxylation sites is 1. The highest BCUT2D eigenvalue weighted by Crippen LogP contribution is 2.27. The van der Waals surface area contributed by atoms with Gasteiger partial charge >= 0.3 is 0 Å². The van der Waals surface area contributed by atoms with Gasteiger partial charge in [0.1, 0.15) is 0 Å². The van der Waals surface area contributed by atoms with Crippen LogP contribution in [0, 0.1) is 10.1 Å². The zero-order chi connectivity index (χ0) is 16.9. The summed E-state index contributed by atoms with van der Waals surface area (Å²) in [5, 5.41) is 14.4. The van der Waals surface area contributed by atoms with Gasteiger partial charge in [-0.25, -0.2) is 0 Å². The Labute approximate surface area is 138 Å². The van der Waals surface area contributed by atoms with Crippen LogP contribution in [0.5, 0.6) is 0 Å². The van der Waals surface area contributed by atoms with E-state index in [0.717, 1.165) is 17.7 Å². The number of oxime groups is 1. The third kappa shape index (κ3) is 3.40. The van der Waals surface area contributed by atoms with E-state index in [2.05, 4.69) is 5.16 Å². The fraction of sp³-hybridized carbons (Fsp3) is 0.176. The molecule has 0 saturated heterocycles. The maximum absolute atomic E-state index is 12.2. The average Bonchev–Trinajstić information content (AvgIpc) is 3.03. The van der Waals surface area contributed by atoms with Gasteiger partial charge in [-0.2, -0.15) is 0 Å². The Hall–Kier alpha value is -3.22. The number of carbonyl (C=O) groups is 1. The lowest BCUT2D eigenvalue weighted by molar-refractivity contribution is -0.384. The van der Waals surface area contributed by atoms with Crippen molar-refractivity contribution in [3.63, 3.8) is 0 Å². The average molecular weight is 325 g/mol. The molecule has 0 unspecified atom stereocenters. The molecule has 1 amide bonds. The minimum absolute atomic E-state index is 0.0244. The molecular weight excluding hydrogens is 310 g/mol. The van der Waals surface area contributed by atoms with Crippen molar-refractivity contribution >= 4 is 23.5 Å². The summed E-state index contributed by atoms with van der Waals surface area (Å²) in [5.41, 5.74) is 2.56. The fourth-order valence-corrected chi connectivity index (χ4v) is 2.58. The minimum atomic E-state index is -0.480. The molecule has 24 heavy (non-hydrogen) atoms. The van der Waals surface area contributed by atoms with E-state index in [1.165, 1.54) is 18.3 Å². The van der Waals surface area contributed by atoms with Crippen LogP contribution in [-0.2, 0) is 16.1 Å². The second kappa shape index (κ2) is 6.91. The Balaban J connectivity index is 1.56. The molecule has 0 radical (unpaired) electrons. The van der Waals surface area contributed by atoms with Gasteiger partial charge < -0.3 is 9.74 Å². The summed E-state index contributed by atoms with van der Waals surface area (Å²) in [6.07, 6.45) is 2.18. The number of rotatable bonds is 5. The molecule has 0 aliphatic carbocycles. The van der Waals surface area contributed by atoms with Gasteiger partial charge in [0.25, 0.3) is 11.6 Å². The third-order valence-electron chi connectivity index (χ3n) is 3.73. The van der Waals surface area contributed by atoms with Crippen LogP contribution in [0.4, 0.5) is 11.4 Å². The Morgan fingerprint density at radius 3 is 2.96 bits per heavy atom. The number of nitrogens with zero attached hydrogens (tertiary/aromatic N) is 3. The first-order valence-electron chi connectivity index (χ1n) is 7.43. The van der Waals surface area contributed by atoms with Gasteiger partial charge in [-0.1, -0.05) is 35.5 Å². The van der Waals surface area contributed by atoms with Gasteiger partial charge in [-0.05, 0) is 18.1 Å². The molecule has 1 aliphatic rings. The van der Waals surface area contributed by atoms with Gasteiger partial charge in [-0.15, -0.1) is 0 Å². The highest BCUT2D eigenvalue weighted by Gasteiger charge is 2.24. The normalized spacial score (nSPS) is 13.1. The molecule has 0 aromatic heterocycles. The molecule has 0 spiro atoms. The second-order valence-electron chi connectivity index (χ2n) is 5.28. The molecule has 2 aromatic rings. The fourth-order valence-electron chi connectivity index (χ4n) is 2.58. The van der Waals surface area contributed by atoms with Crippen LogP contribution in [0.3, 0.4) is 0 Å². The number of hydrogen-bond donors (Lipinski definition) is 0. The third-order valence-corrected chi connectivity index (χ3v) is 3.73. The highest BCUT2D eigenvalue weighted by molar-refractivity contribution is 5.96. The molecule has 7 heteroatoms. The monoisotopic (exact) mass is 325 g/mol. The topological polar surface area (TPSA) is 85.0 Å². The highest BCUT2D eigenvalue weighted by atomic mass is 16.6. The number of fused-ring (bicyclic) bond motifs is 1. The standard InChI is InChI=1S/C17H15N3O4/c21-17(19-9-8-14-5-1-2-7-16(14)19)12-24-18-11-13-4-3-6-15(10-13)20(22)23/h1-7,10-11H,8-9,12H2. The Morgan fingerprint density at radius 1 is 1.29 bits per heavy atom. The van der Waals surface area contributed by atoms with Crippen molar-refractivity contribution in [2.24, 2.45) is 5.16 Å². The number of amides is 1. The van der Waals surface area contributed by atoms with E-state index in [9.17, 15) is 14.9 Å². The Kier molecular flexibility index (Phi) is 4.51. The summed E-state index contributed by atoms with van der Waals surface area (Å²) >= 11 is 0. The van der Waals surface area contributed by atoms with E-state index in [-0.39, 0.29) is 18.2 Å². The van der Waals surface area contributed by atoms with Crippen molar-refractivity contribution in [3.8, 4) is 0 Å². The van der Waals surface area contributed by atoms with Crippen molar-refractivity contribution < 1.29 is 14.6 Å². The lowest BCUT2D eigenvalue weighted by Gasteiger charge is -2.16. The maximum atomic E-state index is 12.2. The molecule has 0 fully saturated rings. The van der Waals surface area contributed by atoms with Gasteiger partial charge in [0.05, 0.1) is 11.1 Å². The number of carbonyl (C=O) groups excluding carboxylic acids is 1. The number of anilines is 1. The van der Waals surface area contributed by atoms with E-state index in [1.807, 2.05) is 24.3 Å². The van der Waals surface area contributed by atoms with Gasteiger partial charge in [0, 0.05) is 29.9 Å². The molecular formula is C17H15N3O4. The maximum Gasteiger partial charge on any atom is 0.270 e. The summed E-state index contributed by atoms with van der Waals surface area (Å²) in [4.78, 5) is 29.1. The van der Waals surface area contributed by atoms with Crippen molar-refractivity contribution in [2.45, 2.75) is 6.42 Å². The summed E-state index contributed by atoms with van der Waals surface area (Å²) in [6.45, 7) is 0.454. The van der Waals surface area contributed by atoms with E-state index in [1.54, 1.807) is 17.0 Å². The largest absolute Gasteiger partial charge is 0.386 e. The van der Waals surface area contributed by atoms with Gasteiger partial charge in [-0.3, -0.25) is 14.9 Å². The summed E-state index contributed by atoms with van der Waals surface area (Å²) in [7, 11) is 0. The number of non-ortho nitro benzene ring substituents is 1. The van der Waals surface area contributed by atoms with Crippen LogP contribution in [0.25, 0.3) is 0 Å². The number of nitro groups is 1. The SMILES string of the molecule is O=C(CON=Cc1cccc([N+](=O)[O-])c1)N1CCc2ccccc21. The molecule has 0 saturated carbocycles. The number of hydrogen-bond acceptors (Lipinski definition) is 5. The van der Waals surface area contributed by atoms with Crippen LogP contribution in [-0.4, -0.2) is 30.2 Å². The van der Waals surface area contributed by atoms with Crippen LogP contribution in [0.2, 0.25) is 0 Å².